The van der Waals surface area contributed by atoms with Gasteiger partial charge in [0.2, 0.25) is 15.9 Å². The van der Waals surface area contributed by atoms with E-state index in [4.69, 9.17) is 4.74 Å². The Morgan fingerprint density at radius 3 is 2.61 bits per heavy atom. The van der Waals surface area contributed by atoms with Crippen LogP contribution in [0, 0.1) is 22.9 Å². The number of nitro benzene ring substituents is 1. The maximum atomic E-state index is 13.5. The van der Waals surface area contributed by atoms with Crippen molar-refractivity contribution in [2.45, 2.75) is 11.8 Å². The molecular weight excluding hydrogens is 393 g/mol. The molecule has 0 saturated heterocycles. The molecule has 1 amide bonds. The molecule has 0 heterocycles. The van der Waals surface area contributed by atoms with Crippen molar-refractivity contribution in [1.29, 1.82) is 0 Å². The van der Waals surface area contributed by atoms with Crippen LogP contribution in [0.4, 0.5) is 15.8 Å². The number of hydrogen-bond acceptors (Lipinski definition) is 6. The van der Waals surface area contributed by atoms with Crippen molar-refractivity contribution in [1.82, 2.24) is 4.31 Å². The van der Waals surface area contributed by atoms with Crippen LogP contribution in [0.1, 0.15) is 5.56 Å². The standard InChI is InChI=1S/C17H18FN3O6S/c1-11-13(5-4-6-14(11)21(23)24)19-17(22)10-20(2)28(25,26)16-9-12(18)7-8-15(16)27-3/h4-9H,10H2,1-3H3,(H,19,22). The van der Waals surface area contributed by atoms with Gasteiger partial charge in [0.15, 0.2) is 0 Å². The van der Waals surface area contributed by atoms with Crippen molar-refractivity contribution in [2.75, 3.05) is 26.0 Å². The van der Waals surface area contributed by atoms with Crippen molar-refractivity contribution in [3.8, 4) is 5.75 Å². The third-order valence-corrected chi connectivity index (χ3v) is 5.78. The maximum Gasteiger partial charge on any atom is 0.274 e. The van der Waals surface area contributed by atoms with Crippen LogP contribution in [-0.2, 0) is 14.8 Å². The van der Waals surface area contributed by atoms with E-state index in [0.717, 1.165) is 23.5 Å². The molecule has 2 rings (SSSR count). The molecule has 2 aromatic rings. The number of amides is 1. The van der Waals surface area contributed by atoms with Crippen molar-refractivity contribution in [3.63, 3.8) is 0 Å². The number of likely N-dealkylation sites (N-methyl/N-ethyl adjacent to an activating group) is 1. The first kappa shape index (κ1) is 21.3. The Morgan fingerprint density at radius 1 is 1.32 bits per heavy atom. The van der Waals surface area contributed by atoms with Gasteiger partial charge < -0.3 is 10.1 Å². The van der Waals surface area contributed by atoms with Gasteiger partial charge in [-0.05, 0) is 31.2 Å². The van der Waals surface area contributed by atoms with Crippen LogP contribution in [0.15, 0.2) is 41.3 Å². The highest BCUT2D eigenvalue weighted by atomic mass is 32.2. The summed E-state index contributed by atoms with van der Waals surface area (Å²) in [6, 6.07) is 7.17. The lowest BCUT2D eigenvalue weighted by molar-refractivity contribution is -0.385. The highest BCUT2D eigenvalue weighted by Gasteiger charge is 2.27. The van der Waals surface area contributed by atoms with E-state index in [-0.39, 0.29) is 22.7 Å². The summed E-state index contributed by atoms with van der Waals surface area (Å²) in [7, 11) is -1.83. The Bertz CT molecular complexity index is 1030. The number of nitrogens with one attached hydrogen (secondary N) is 1. The van der Waals surface area contributed by atoms with Crippen molar-refractivity contribution < 1.29 is 27.3 Å². The fraction of sp³-hybridized carbons (Fsp3) is 0.235. The smallest absolute Gasteiger partial charge is 0.274 e. The predicted octanol–water partition coefficient (Wildman–Crippen LogP) is 2.31. The number of nitrogens with zero attached hydrogens (tertiary/aromatic N) is 2. The Balaban J connectivity index is 2.22. The van der Waals surface area contributed by atoms with E-state index in [1.54, 1.807) is 0 Å². The molecule has 0 unspecified atom stereocenters. The zero-order chi connectivity index (χ0) is 21.1. The minimum absolute atomic E-state index is 0.0665. The molecule has 2 aromatic carbocycles. The number of rotatable bonds is 7. The Morgan fingerprint density at radius 2 is 2.00 bits per heavy atom. The summed E-state index contributed by atoms with van der Waals surface area (Å²) in [6.45, 7) is 0.871. The summed E-state index contributed by atoms with van der Waals surface area (Å²) in [4.78, 5) is 22.2. The summed E-state index contributed by atoms with van der Waals surface area (Å²) in [5.74, 6) is -1.56. The average Bonchev–Trinajstić information content (AvgIpc) is 2.63. The number of carbonyl (C=O) groups excluding carboxylic acids is 1. The molecule has 11 heteroatoms. The fourth-order valence-electron chi connectivity index (χ4n) is 2.45. The van der Waals surface area contributed by atoms with E-state index in [1.165, 1.54) is 38.3 Å². The van der Waals surface area contributed by atoms with E-state index in [9.17, 15) is 27.7 Å². The molecule has 0 fully saturated rings. The Kier molecular flexibility index (Phi) is 6.31. The van der Waals surface area contributed by atoms with Gasteiger partial charge in [-0.3, -0.25) is 14.9 Å². The molecule has 0 atom stereocenters. The minimum Gasteiger partial charge on any atom is -0.495 e. The second kappa shape index (κ2) is 8.31. The number of methoxy groups -OCH3 is 1. The van der Waals surface area contributed by atoms with Crippen molar-refractivity contribution in [3.05, 3.63) is 57.9 Å². The lowest BCUT2D eigenvalue weighted by Crippen LogP contribution is -2.35. The number of halogens is 1. The van der Waals surface area contributed by atoms with E-state index in [2.05, 4.69) is 5.32 Å². The summed E-state index contributed by atoms with van der Waals surface area (Å²) < 4.78 is 44.5. The van der Waals surface area contributed by atoms with Crippen LogP contribution >= 0.6 is 0 Å². The number of hydrogen-bond donors (Lipinski definition) is 1. The molecule has 150 valence electrons. The molecule has 0 aromatic heterocycles. The third-order valence-electron chi connectivity index (χ3n) is 3.96. The van der Waals surface area contributed by atoms with E-state index in [0.29, 0.717) is 0 Å². The summed E-state index contributed by atoms with van der Waals surface area (Å²) in [5, 5.41) is 13.4. The Hall–Kier alpha value is -3.05. The second-order valence-electron chi connectivity index (χ2n) is 5.81. The lowest BCUT2D eigenvalue weighted by atomic mass is 10.1. The predicted molar refractivity (Wildman–Crippen MR) is 99.2 cm³/mol. The van der Waals surface area contributed by atoms with Gasteiger partial charge in [-0.2, -0.15) is 4.31 Å². The highest BCUT2D eigenvalue weighted by Crippen LogP contribution is 2.27. The highest BCUT2D eigenvalue weighted by molar-refractivity contribution is 7.89. The van der Waals surface area contributed by atoms with Gasteiger partial charge in [0.25, 0.3) is 5.69 Å². The zero-order valence-corrected chi connectivity index (χ0v) is 16.1. The number of nitro groups is 1. The quantitative estimate of drug-likeness (QED) is 0.552. The first-order valence-electron chi connectivity index (χ1n) is 7.91. The summed E-state index contributed by atoms with van der Waals surface area (Å²) in [5.41, 5.74) is 0.245. The van der Waals surface area contributed by atoms with Crippen LogP contribution in [-0.4, -0.2) is 44.3 Å². The van der Waals surface area contributed by atoms with Crippen LogP contribution in [0.5, 0.6) is 5.75 Å². The average molecular weight is 411 g/mol. The number of carbonyl (C=O) groups is 1. The molecule has 0 aliphatic rings. The summed E-state index contributed by atoms with van der Waals surface area (Å²) >= 11 is 0. The number of ether oxygens (including phenoxy) is 1. The van der Waals surface area contributed by atoms with Crippen molar-refractivity contribution in [2.24, 2.45) is 0 Å². The van der Waals surface area contributed by atoms with E-state index >= 15 is 0 Å². The lowest BCUT2D eigenvalue weighted by Gasteiger charge is -2.19. The number of benzene rings is 2. The zero-order valence-electron chi connectivity index (χ0n) is 15.3. The minimum atomic E-state index is -4.22. The third kappa shape index (κ3) is 4.43. The maximum absolute atomic E-state index is 13.5. The summed E-state index contributed by atoms with van der Waals surface area (Å²) in [6.07, 6.45) is 0. The van der Waals surface area contributed by atoms with Crippen LogP contribution in [0.3, 0.4) is 0 Å². The van der Waals surface area contributed by atoms with Crippen LogP contribution in [0.25, 0.3) is 0 Å². The monoisotopic (exact) mass is 411 g/mol. The first-order chi connectivity index (χ1) is 13.1. The van der Waals surface area contributed by atoms with Gasteiger partial charge in [0.05, 0.1) is 29.8 Å². The van der Waals surface area contributed by atoms with Crippen molar-refractivity contribution >= 4 is 27.3 Å². The molecule has 9 nitrogen and oxygen atoms in total. The van der Waals surface area contributed by atoms with Gasteiger partial charge in [-0.25, -0.2) is 12.8 Å². The number of anilines is 1. The molecule has 28 heavy (non-hydrogen) atoms. The normalized spacial score (nSPS) is 11.3. The second-order valence-corrected chi connectivity index (χ2v) is 7.82. The molecule has 0 spiro atoms. The first-order valence-corrected chi connectivity index (χ1v) is 9.35. The number of sulfonamides is 1. The van der Waals surface area contributed by atoms with Crippen LogP contribution in [0.2, 0.25) is 0 Å². The molecular formula is C17H18FN3O6S. The van der Waals surface area contributed by atoms with E-state index in [1.807, 2.05) is 0 Å². The van der Waals surface area contributed by atoms with E-state index < -0.39 is 38.1 Å². The largest absolute Gasteiger partial charge is 0.495 e. The van der Waals surface area contributed by atoms with Gasteiger partial charge in [-0.1, -0.05) is 6.07 Å². The molecule has 0 aliphatic heterocycles. The topological polar surface area (TPSA) is 119 Å². The molecule has 0 bridgehead atoms. The van der Waals surface area contributed by atoms with Gasteiger partial charge in [0.1, 0.15) is 16.5 Å². The van der Waals surface area contributed by atoms with Gasteiger partial charge in [0, 0.05) is 13.1 Å². The molecule has 1 N–H and O–H groups in total. The molecule has 0 aliphatic carbocycles. The van der Waals surface area contributed by atoms with Crippen LogP contribution < -0.4 is 10.1 Å². The molecule has 0 saturated carbocycles. The fourth-order valence-corrected chi connectivity index (χ4v) is 3.74. The van der Waals surface area contributed by atoms with Gasteiger partial charge in [-0.15, -0.1) is 0 Å². The van der Waals surface area contributed by atoms with Gasteiger partial charge >= 0.3 is 0 Å². The molecule has 0 radical (unpaired) electrons. The SMILES string of the molecule is COc1ccc(F)cc1S(=O)(=O)N(C)CC(=O)Nc1cccc([N+](=O)[O-])c1C. The Labute approximate surface area is 160 Å².